The number of nitrogens with zero attached hydrogens (tertiary/aromatic N) is 3. The Bertz CT molecular complexity index is 1010. The molecule has 1 aromatic heterocycles. The Morgan fingerprint density at radius 1 is 1.00 bits per heavy atom. The van der Waals surface area contributed by atoms with Gasteiger partial charge in [0.1, 0.15) is 5.69 Å². The first-order valence-electron chi connectivity index (χ1n) is 10.2. The van der Waals surface area contributed by atoms with Crippen molar-refractivity contribution < 1.29 is 14.3 Å². The smallest absolute Gasteiger partial charge is 0.292 e. The van der Waals surface area contributed by atoms with E-state index in [0.29, 0.717) is 30.4 Å². The Morgan fingerprint density at radius 3 is 2.23 bits per heavy atom. The summed E-state index contributed by atoms with van der Waals surface area (Å²) in [6, 6.07) is 17.6. The molecule has 0 bridgehead atoms. The molecule has 0 aliphatic carbocycles. The molecule has 1 fully saturated rings. The van der Waals surface area contributed by atoms with Crippen LogP contribution < -0.4 is 4.90 Å². The van der Waals surface area contributed by atoms with Gasteiger partial charge in [-0.2, -0.15) is 0 Å². The van der Waals surface area contributed by atoms with Crippen LogP contribution in [0.2, 0.25) is 0 Å². The Hall–Kier alpha value is -3.12. The molecule has 0 spiro atoms. The Labute approximate surface area is 176 Å². The first kappa shape index (κ1) is 20.2. The molecule has 2 aromatic carbocycles. The largest absolute Gasteiger partial charge is 0.435 e. The number of anilines is 1. The highest BCUT2D eigenvalue weighted by atomic mass is 16.4. The van der Waals surface area contributed by atoms with Crippen molar-refractivity contribution in [2.75, 3.05) is 31.1 Å². The molecule has 0 radical (unpaired) electrons. The van der Waals surface area contributed by atoms with Gasteiger partial charge in [-0.1, -0.05) is 42.5 Å². The molecular formula is C24H27N3O3. The molecule has 1 aliphatic rings. The predicted molar refractivity (Wildman–Crippen MR) is 116 cm³/mol. The monoisotopic (exact) mass is 405 g/mol. The molecule has 156 valence electrons. The Kier molecular flexibility index (Phi) is 5.35. The minimum atomic E-state index is -0.852. The lowest BCUT2D eigenvalue weighted by atomic mass is 9.98. The number of aryl methyl sites for hydroxylation is 1. The first-order chi connectivity index (χ1) is 14.3. The third-order valence-corrected chi connectivity index (χ3v) is 5.48. The normalized spacial score (nSPS) is 14.8. The highest BCUT2D eigenvalue weighted by Crippen LogP contribution is 2.27. The van der Waals surface area contributed by atoms with Crippen LogP contribution in [0.5, 0.6) is 0 Å². The van der Waals surface area contributed by atoms with Crippen LogP contribution in [0, 0.1) is 6.92 Å². The molecule has 4 rings (SSSR count). The number of hydrogen-bond donors (Lipinski definition) is 1. The van der Waals surface area contributed by atoms with E-state index in [0.717, 1.165) is 29.9 Å². The molecule has 3 aromatic rings. The van der Waals surface area contributed by atoms with Crippen LogP contribution in [-0.4, -0.2) is 47.1 Å². The minimum absolute atomic E-state index is 0.119. The van der Waals surface area contributed by atoms with E-state index >= 15 is 0 Å². The molecule has 2 heterocycles. The summed E-state index contributed by atoms with van der Waals surface area (Å²) in [6.45, 7) is 8.02. The lowest BCUT2D eigenvalue weighted by molar-refractivity contribution is 0.0713. The van der Waals surface area contributed by atoms with Crippen LogP contribution in [0.1, 0.15) is 35.9 Å². The second kappa shape index (κ2) is 7.95. The van der Waals surface area contributed by atoms with E-state index < -0.39 is 5.60 Å². The Morgan fingerprint density at radius 2 is 1.63 bits per heavy atom. The molecule has 1 saturated heterocycles. The lowest BCUT2D eigenvalue weighted by Crippen LogP contribution is -2.48. The maximum atomic E-state index is 13.2. The van der Waals surface area contributed by atoms with E-state index in [1.54, 1.807) is 20.8 Å². The third kappa shape index (κ3) is 4.09. The topological polar surface area (TPSA) is 69.8 Å². The summed E-state index contributed by atoms with van der Waals surface area (Å²) < 4.78 is 5.70. The van der Waals surface area contributed by atoms with Gasteiger partial charge in [-0.15, -0.1) is 0 Å². The number of piperazine rings is 1. The molecule has 6 nitrogen and oxygen atoms in total. The fraction of sp³-hybridized carbons (Fsp3) is 0.333. The fourth-order valence-electron chi connectivity index (χ4n) is 3.76. The molecular weight excluding hydrogens is 378 g/mol. The third-order valence-electron chi connectivity index (χ3n) is 5.48. The van der Waals surface area contributed by atoms with Crippen LogP contribution in [0.15, 0.2) is 59.0 Å². The number of carbonyl (C=O) groups is 1. The second-order valence-electron chi connectivity index (χ2n) is 8.16. The summed E-state index contributed by atoms with van der Waals surface area (Å²) in [7, 11) is 0. The van der Waals surface area contributed by atoms with E-state index in [1.165, 1.54) is 0 Å². The van der Waals surface area contributed by atoms with Gasteiger partial charge in [0.25, 0.3) is 5.91 Å². The van der Waals surface area contributed by atoms with Crippen LogP contribution in [0.3, 0.4) is 0 Å². The van der Waals surface area contributed by atoms with E-state index in [9.17, 15) is 9.90 Å². The van der Waals surface area contributed by atoms with Crippen molar-refractivity contribution in [1.82, 2.24) is 9.88 Å². The molecule has 0 unspecified atom stereocenters. The number of carbonyl (C=O) groups excluding carboxylic acids is 1. The van der Waals surface area contributed by atoms with Crippen LogP contribution in [-0.2, 0) is 5.60 Å². The van der Waals surface area contributed by atoms with Crippen molar-refractivity contribution in [2.24, 2.45) is 0 Å². The van der Waals surface area contributed by atoms with Gasteiger partial charge >= 0.3 is 0 Å². The van der Waals surface area contributed by atoms with Crippen LogP contribution in [0.25, 0.3) is 11.3 Å². The van der Waals surface area contributed by atoms with Crippen molar-refractivity contribution in [3.63, 3.8) is 0 Å². The lowest BCUT2D eigenvalue weighted by Gasteiger charge is -2.36. The highest BCUT2D eigenvalue weighted by Gasteiger charge is 2.28. The number of hydrogen-bond acceptors (Lipinski definition) is 5. The number of aromatic nitrogens is 1. The van der Waals surface area contributed by atoms with Gasteiger partial charge in [-0.3, -0.25) is 4.79 Å². The molecule has 1 aliphatic heterocycles. The number of amides is 1. The van der Waals surface area contributed by atoms with E-state index in [4.69, 9.17) is 4.42 Å². The van der Waals surface area contributed by atoms with E-state index in [-0.39, 0.29) is 5.91 Å². The summed E-state index contributed by atoms with van der Waals surface area (Å²) in [5, 5.41) is 10.1. The highest BCUT2D eigenvalue weighted by molar-refractivity contribution is 5.97. The number of rotatable bonds is 4. The molecule has 1 N–H and O–H groups in total. The Balaban J connectivity index is 1.46. The maximum Gasteiger partial charge on any atom is 0.292 e. The average Bonchev–Trinajstić information content (AvgIpc) is 3.15. The second-order valence-corrected chi connectivity index (χ2v) is 8.16. The van der Waals surface area contributed by atoms with Gasteiger partial charge in [-0.25, -0.2) is 4.98 Å². The summed E-state index contributed by atoms with van der Waals surface area (Å²) in [5.74, 6) is 0.677. The van der Waals surface area contributed by atoms with Gasteiger partial charge in [-0.05, 0) is 31.5 Å². The SMILES string of the molecule is Cc1nc(-c2ccccc2)c(C(=O)N2CCN(c3ccc(C(C)(C)O)cc3)CC2)o1. The minimum Gasteiger partial charge on any atom is -0.435 e. The van der Waals surface area contributed by atoms with Crippen molar-refractivity contribution in [1.29, 1.82) is 0 Å². The zero-order valence-corrected chi connectivity index (χ0v) is 17.6. The predicted octanol–water partition coefficient (Wildman–Crippen LogP) is 3.84. The summed E-state index contributed by atoms with van der Waals surface area (Å²) in [4.78, 5) is 21.7. The van der Waals surface area contributed by atoms with Gasteiger partial charge in [0.2, 0.25) is 5.76 Å². The molecule has 0 atom stereocenters. The summed E-state index contributed by atoms with van der Waals surface area (Å²) in [5.41, 5.74) is 2.60. The quantitative estimate of drug-likeness (QED) is 0.714. The summed E-state index contributed by atoms with van der Waals surface area (Å²) >= 11 is 0. The standard InChI is InChI=1S/C24H27N3O3/c1-17-25-21(18-7-5-4-6-8-18)22(30-17)23(28)27-15-13-26(14-16-27)20-11-9-19(10-12-20)24(2,3)29/h4-12,29H,13-16H2,1-3H3. The molecule has 30 heavy (non-hydrogen) atoms. The van der Waals surface area contributed by atoms with Crippen molar-refractivity contribution >= 4 is 11.6 Å². The number of benzene rings is 2. The average molecular weight is 405 g/mol. The van der Waals surface area contributed by atoms with Crippen LogP contribution >= 0.6 is 0 Å². The van der Waals surface area contributed by atoms with E-state index in [1.807, 2.05) is 59.5 Å². The molecule has 0 saturated carbocycles. The number of aliphatic hydroxyl groups is 1. The van der Waals surface area contributed by atoms with Gasteiger partial charge in [0.15, 0.2) is 5.89 Å². The number of oxazole rings is 1. The van der Waals surface area contributed by atoms with Crippen molar-refractivity contribution in [3.8, 4) is 11.3 Å². The van der Waals surface area contributed by atoms with E-state index in [2.05, 4.69) is 9.88 Å². The van der Waals surface area contributed by atoms with Crippen LogP contribution in [0.4, 0.5) is 5.69 Å². The van der Waals surface area contributed by atoms with Crippen molar-refractivity contribution in [2.45, 2.75) is 26.4 Å². The zero-order chi connectivity index (χ0) is 21.3. The van der Waals surface area contributed by atoms with Gasteiger partial charge in [0.05, 0.1) is 5.60 Å². The zero-order valence-electron chi connectivity index (χ0n) is 17.6. The first-order valence-corrected chi connectivity index (χ1v) is 10.2. The molecule has 6 heteroatoms. The van der Waals surface area contributed by atoms with Crippen molar-refractivity contribution in [3.05, 3.63) is 71.8 Å². The molecule has 1 amide bonds. The fourth-order valence-corrected chi connectivity index (χ4v) is 3.76. The summed E-state index contributed by atoms with van der Waals surface area (Å²) in [6.07, 6.45) is 0. The van der Waals surface area contributed by atoms with Gasteiger partial charge in [0, 0.05) is 44.4 Å². The van der Waals surface area contributed by atoms with Gasteiger partial charge < -0.3 is 19.3 Å². The maximum absolute atomic E-state index is 13.2.